The number of fused-ring (bicyclic) bond motifs is 1. The highest BCUT2D eigenvalue weighted by Gasteiger charge is 2.27. The summed E-state index contributed by atoms with van der Waals surface area (Å²) in [4.78, 5) is 26.0. The topological polar surface area (TPSA) is 112 Å². The first kappa shape index (κ1) is 13.0. The van der Waals surface area contributed by atoms with Gasteiger partial charge in [-0.2, -0.15) is 0 Å². The largest absolute Gasteiger partial charge is 0.478 e. The molecule has 1 aliphatic heterocycles. The maximum atomic E-state index is 11.6. The van der Waals surface area contributed by atoms with Crippen LogP contribution >= 0.6 is 0 Å². The number of rotatable bonds is 2. The SMILES string of the molecule is C[C@H]1Nc2cc(/C=C/C(=O)O)cnc2NC(=O)[C@H]1O. The van der Waals surface area contributed by atoms with E-state index in [1.807, 2.05) is 0 Å². The molecule has 7 heteroatoms. The van der Waals surface area contributed by atoms with Crippen molar-refractivity contribution < 1.29 is 19.8 Å². The molecule has 2 rings (SSSR count). The lowest BCUT2D eigenvalue weighted by atomic mass is 10.2. The van der Waals surface area contributed by atoms with E-state index < -0.39 is 24.0 Å². The Morgan fingerprint density at radius 1 is 1.53 bits per heavy atom. The smallest absolute Gasteiger partial charge is 0.328 e. The number of anilines is 2. The number of pyridine rings is 1. The maximum absolute atomic E-state index is 11.6. The molecule has 0 spiro atoms. The van der Waals surface area contributed by atoms with E-state index in [1.165, 1.54) is 12.3 Å². The predicted octanol–water partition coefficient (Wildman–Crippen LogP) is 0.293. The van der Waals surface area contributed by atoms with Crippen LogP contribution in [0.15, 0.2) is 18.3 Å². The van der Waals surface area contributed by atoms with Gasteiger partial charge in [0.05, 0.1) is 11.7 Å². The zero-order valence-electron chi connectivity index (χ0n) is 10.1. The van der Waals surface area contributed by atoms with E-state index >= 15 is 0 Å². The summed E-state index contributed by atoms with van der Waals surface area (Å²) in [5, 5.41) is 23.7. The second-order valence-corrected chi connectivity index (χ2v) is 4.20. The van der Waals surface area contributed by atoms with Gasteiger partial charge in [-0.1, -0.05) is 0 Å². The van der Waals surface area contributed by atoms with Gasteiger partial charge in [0.2, 0.25) is 0 Å². The summed E-state index contributed by atoms with van der Waals surface area (Å²) in [7, 11) is 0. The van der Waals surface area contributed by atoms with E-state index in [-0.39, 0.29) is 0 Å². The Balaban J connectivity index is 2.33. The van der Waals surface area contributed by atoms with Crippen LogP contribution in [0, 0.1) is 0 Å². The van der Waals surface area contributed by atoms with Crippen LogP contribution in [0.1, 0.15) is 12.5 Å². The summed E-state index contributed by atoms with van der Waals surface area (Å²) in [6.07, 6.45) is 2.65. The molecular formula is C12H13N3O4. The fraction of sp³-hybridized carbons (Fsp3) is 0.250. The van der Waals surface area contributed by atoms with Crippen molar-refractivity contribution in [2.45, 2.75) is 19.1 Å². The lowest BCUT2D eigenvalue weighted by Gasteiger charge is -2.15. The Kier molecular flexibility index (Phi) is 3.48. The summed E-state index contributed by atoms with van der Waals surface area (Å²) >= 11 is 0. The molecule has 1 amide bonds. The first-order chi connectivity index (χ1) is 8.97. The Bertz CT molecular complexity index is 556. The van der Waals surface area contributed by atoms with Crippen molar-refractivity contribution in [1.82, 2.24) is 4.98 Å². The third kappa shape index (κ3) is 2.89. The average molecular weight is 263 g/mol. The van der Waals surface area contributed by atoms with Gasteiger partial charge in [-0.25, -0.2) is 9.78 Å². The Hall–Kier alpha value is -2.41. The van der Waals surface area contributed by atoms with Crippen molar-refractivity contribution in [2.24, 2.45) is 0 Å². The Morgan fingerprint density at radius 2 is 2.26 bits per heavy atom. The van der Waals surface area contributed by atoms with Gasteiger partial charge >= 0.3 is 5.97 Å². The van der Waals surface area contributed by atoms with E-state index in [9.17, 15) is 14.7 Å². The number of carbonyl (C=O) groups is 2. The molecular weight excluding hydrogens is 250 g/mol. The molecule has 0 bridgehead atoms. The lowest BCUT2D eigenvalue weighted by molar-refractivity contribution is -0.131. The molecule has 19 heavy (non-hydrogen) atoms. The van der Waals surface area contributed by atoms with Crippen molar-refractivity contribution >= 4 is 29.5 Å². The molecule has 4 N–H and O–H groups in total. The van der Waals surface area contributed by atoms with Gasteiger partial charge in [0.1, 0.15) is 0 Å². The monoisotopic (exact) mass is 263 g/mol. The Morgan fingerprint density at radius 3 is 2.95 bits per heavy atom. The van der Waals surface area contributed by atoms with Crippen LogP contribution in [0.3, 0.4) is 0 Å². The van der Waals surface area contributed by atoms with E-state index in [2.05, 4.69) is 15.6 Å². The van der Waals surface area contributed by atoms with Crippen LogP contribution in [0.4, 0.5) is 11.5 Å². The summed E-state index contributed by atoms with van der Waals surface area (Å²) < 4.78 is 0. The first-order valence-electron chi connectivity index (χ1n) is 5.64. The fourth-order valence-corrected chi connectivity index (χ4v) is 1.69. The van der Waals surface area contributed by atoms with E-state index in [1.54, 1.807) is 13.0 Å². The van der Waals surface area contributed by atoms with Gasteiger partial charge in [0.25, 0.3) is 5.91 Å². The molecule has 2 atom stereocenters. The second kappa shape index (κ2) is 5.07. The summed E-state index contributed by atoms with van der Waals surface area (Å²) in [6.45, 7) is 1.67. The van der Waals surface area contributed by atoms with E-state index in [4.69, 9.17) is 5.11 Å². The van der Waals surface area contributed by atoms with Crippen molar-refractivity contribution in [3.8, 4) is 0 Å². The molecule has 0 aliphatic carbocycles. The minimum absolute atomic E-state index is 0.306. The van der Waals surface area contributed by atoms with Gasteiger partial charge in [-0.15, -0.1) is 0 Å². The quantitative estimate of drug-likeness (QED) is 0.571. The highest BCUT2D eigenvalue weighted by molar-refractivity contribution is 5.98. The highest BCUT2D eigenvalue weighted by Crippen LogP contribution is 2.25. The number of hydrogen-bond donors (Lipinski definition) is 4. The van der Waals surface area contributed by atoms with Crippen molar-refractivity contribution in [3.63, 3.8) is 0 Å². The van der Waals surface area contributed by atoms with E-state index in [0.29, 0.717) is 17.1 Å². The van der Waals surface area contributed by atoms with Gasteiger partial charge in [-0.05, 0) is 24.6 Å². The Labute approximate surface area is 109 Å². The molecule has 1 aromatic rings. The molecule has 0 aromatic carbocycles. The number of aliphatic hydroxyl groups is 1. The summed E-state index contributed by atoms with van der Waals surface area (Å²) in [5.41, 5.74) is 1.11. The number of nitrogens with zero attached hydrogens (tertiary/aromatic N) is 1. The van der Waals surface area contributed by atoms with Gasteiger partial charge in [-0.3, -0.25) is 4.79 Å². The third-order valence-electron chi connectivity index (χ3n) is 2.69. The standard InChI is InChI=1S/C12H13N3O4/c1-6-10(18)12(19)15-11-8(14-6)4-7(5-13-11)2-3-9(16)17/h2-6,10,14,18H,1H3,(H,16,17)(H,13,15,19)/b3-2+/t6-,10+/m1/s1. The highest BCUT2D eigenvalue weighted by atomic mass is 16.4. The van der Waals surface area contributed by atoms with Crippen molar-refractivity contribution in [3.05, 3.63) is 23.9 Å². The van der Waals surface area contributed by atoms with Gasteiger partial charge in [0.15, 0.2) is 11.9 Å². The number of carboxylic acids is 1. The molecule has 0 saturated heterocycles. The lowest BCUT2D eigenvalue weighted by Crippen LogP contribution is -2.38. The number of nitrogens with one attached hydrogen (secondary N) is 2. The first-order valence-corrected chi connectivity index (χ1v) is 5.64. The molecule has 0 fully saturated rings. The minimum atomic E-state index is -1.17. The minimum Gasteiger partial charge on any atom is -0.478 e. The number of hydrogen-bond acceptors (Lipinski definition) is 5. The number of aromatic nitrogens is 1. The van der Waals surface area contributed by atoms with Crippen LogP contribution in [0.5, 0.6) is 0 Å². The molecule has 2 heterocycles. The molecule has 0 unspecified atom stereocenters. The fourth-order valence-electron chi connectivity index (χ4n) is 1.69. The molecule has 1 aliphatic rings. The number of aliphatic carboxylic acids is 1. The predicted molar refractivity (Wildman–Crippen MR) is 68.6 cm³/mol. The number of carboxylic acid groups (broad SMARTS) is 1. The van der Waals surface area contributed by atoms with Crippen molar-refractivity contribution in [1.29, 1.82) is 0 Å². The molecule has 100 valence electrons. The van der Waals surface area contributed by atoms with Crippen LogP contribution in [0.25, 0.3) is 6.08 Å². The number of amides is 1. The van der Waals surface area contributed by atoms with Gasteiger partial charge in [0, 0.05) is 12.3 Å². The molecule has 7 nitrogen and oxygen atoms in total. The van der Waals surface area contributed by atoms with Crippen LogP contribution in [-0.4, -0.2) is 39.2 Å². The van der Waals surface area contributed by atoms with Gasteiger partial charge < -0.3 is 20.8 Å². The average Bonchev–Trinajstić information content (AvgIpc) is 2.46. The normalized spacial score (nSPS) is 22.3. The van der Waals surface area contributed by atoms with Crippen molar-refractivity contribution in [2.75, 3.05) is 10.6 Å². The van der Waals surface area contributed by atoms with E-state index in [0.717, 1.165) is 6.08 Å². The number of carbonyl (C=O) groups excluding carboxylic acids is 1. The third-order valence-corrected chi connectivity index (χ3v) is 2.69. The van der Waals surface area contributed by atoms with Crippen LogP contribution in [0.2, 0.25) is 0 Å². The maximum Gasteiger partial charge on any atom is 0.328 e. The zero-order chi connectivity index (χ0) is 14.0. The molecule has 0 saturated carbocycles. The van der Waals surface area contributed by atoms with Crippen LogP contribution < -0.4 is 10.6 Å². The molecule has 1 aromatic heterocycles. The van der Waals surface area contributed by atoms with Crippen LogP contribution in [-0.2, 0) is 9.59 Å². The summed E-state index contributed by atoms with van der Waals surface area (Å²) in [6, 6.07) is 1.18. The molecule has 0 radical (unpaired) electrons. The number of aliphatic hydroxyl groups excluding tert-OH is 1. The zero-order valence-corrected chi connectivity index (χ0v) is 10.1. The summed E-state index contributed by atoms with van der Waals surface area (Å²) in [5.74, 6) is -1.28. The second-order valence-electron chi connectivity index (χ2n) is 4.20.